The molecule has 0 unspecified atom stereocenters. The van der Waals surface area contributed by atoms with Gasteiger partial charge in [0.1, 0.15) is 40.6 Å². The Morgan fingerprint density at radius 3 is 1.63 bits per heavy atom. The third-order valence-corrected chi connectivity index (χ3v) is 6.00. The second-order valence-electron chi connectivity index (χ2n) is 7.91. The lowest BCUT2D eigenvalue weighted by molar-refractivity contribution is 0.407. The van der Waals surface area contributed by atoms with E-state index in [1.165, 1.54) is 20.3 Å². The normalized spacial score (nSPS) is 11.3. The molecule has 0 aliphatic rings. The molecule has 0 fully saturated rings. The first-order chi connectivity index (χ1) is 16.8. The largest absolute Gasteiger partial charge is 0.497 e. The van der Waals surface area contributed by atoms with E-state index in [0.29, 0.717) is 11.3 Å². The Balaban J connectivity index is 2.04. The molecule has 0 saturated heterocycles. The Labute approximate surface area is 197 Å². The van der Waals surface area contributed by atoms with Crippen molar-refractivity contribution in [2.24, 2.45) is 0 Å². The van der Waals surface area contributed by atoms with Gasteiger partial charge in [0, 0.05) is 34.0 Å². The Morgan fingerprint density at radius 1 is 0.486 bits per heavy atom. The van der Waals surface area contributed by atoms with Crippen molar-refractivity contribution < 1.29 is 31.4 Å². The summed E-state index contributed by atoms with van der Waals surface area (Å²) in [6, 6.07) is 13.9. The van der Waals surface area contributed by atoms with Crippen LogP contribution in [0, 0.1) is 29.1 Å². The van der Waals surface area contributed by atoms with Gasteiger partial charge in [0.15, 0.2) is 0 Å². The van der Waals surface area contributed by atoms with Crippen LogP contribution in [0.5, 0.6) is 11.5 Å². The molecule has 0 saturated carbocycles. The molecule has 0 aliphatic carbocycles. The summed E-state index contributed by atoms with van der Waals surface area (Å²) in [6.45, 7) is 0. The van der Waals surface area contributed by atoms with Gasteiger partial charge in [-0.15, -0.1) is 0 Å². The molecule has 7 heteroatoms. The van der Waals surface area contributed by atoms with Crippen LogP contribution in [0.15, 0.2) is 66.7 Å². The summed E-state index contributed by atoms with van der Waals surface area (Å²) in [4.78, 5) is 0. The van der Waals surface area contributed by atoms with Gasteiger partial charge in [0.2, 0.25) is 0 Å². The highest BCUT2D eigenvalue weighted by atomic mass is 19.1. The SMILES string of the molecule is COc1ccc(-c2c3ccc(F)cc3c(-c3c(F)cc(OC)cc3F)c3c(F)ccc(F)c23)cc1. The number of fused-ring (bicyclic) bond motifs is 2. The molecule has 0 aromatic heterocycles. The van der Waals surface area contributed by atoms with Crippen molar-refractivity contribution in [2.75, 3.05) is 14.2 Å². The highest BCUT2D eigenvalue weighted by Gasteiger charge is 2.26. The Kier molecular flexibility index (Phi) is 5.55. The number of halogens is 5. The number of ether oxygens (including phenoxy) is 2. The van der Waals surface area contributed by atoms with E-state index in [1.807, 2.05) is 0 Å². The average molecular weight is 480 g/mol. The van der Waals surface area contributed by atoms with Crippen molar-refractivity contribution in [3.63, 3.8) is 0 Å². The third kappa shape index (κ3) is 3.64. The maximum Gasteiger partial charge on any atom is 0.137 e. The Hall–Kier alpha value is -4.13. The summed E-state index contributed by atoms with van der Waals surface area (Å²) in [5.74, 6) is -4.08. The van der Waals surface area contributed by atoms with Crippen molar-refractivity contribution in [2.45, 2.75) is 0 Å². The van der Waals surface area contributed by atoms with Gasteiger partial charge in [-0.05, 0) is 52.7 Å². The number of hydrogen-bond donors (Lipinski definition) is 0. The monoisotopic (exact) mass is 480 g/mol. The van der Waals surface area contributed by atoms with Crippen molar-refractivity contribution in [1.82, 2.24) is 0 Å². The number of methoxy groups -OCH3 is 2. The van der Waals surface area contributed by atoms with Crippen molar-refractivity contribution in [3.8, 4) is 33.8 Å². The molecular weight excluding hydrogens is 463 g/mol. The zero-order chi connectivity index (χ0) is 24.9. The lowest BCUT2D eigenvalue weighted by Gasteiger charge is -2.19. The maximum absolute atomic E-state index is 15.4. The summed E-state index contributed by atoms with van der Waals surface area (Å²) in [5.41, 5.74) is -0.162. The van der Waals surface area contributed by atoms with E-state index in [1.54, 1.807) is 24.3 Å². The second kappa shape index (κ2) is 8.58. The predicted molar refractivity (Wildman–Crippen MR) is 125 cm³/mol. The van der Waals surface area contributed by atoms with Crippen LogP contribution in [0.3, 0.4) is 0 Å². The molecule has 0 N–H and O–H groups in total. The minimum atomic E-state index is -1.06. The lowest BCUT2D eigenvalue weighted by Crippen LogP contribution is -2.00. The fourth-order valence-electron chi connectivity index (χ4n) is 4.48. The van der Waals surface area contributed by atoms with Crippen LogP contribution < -0.4 is 9.47 Å². The molecule has 0 atom stereocenters. The molecule has 35 heavy (non-hydrogen) atoms. The summed E-state index contributed by atoms with van der Waals surface area (Å²) < 4.78 is 85.9. The third-order valence-electron chi connectivity index (χ3n) is 6.00. The van der Waals surface area contributed by atoms with E-state index in [4.69, 9.17) is 9.47 Å². The van der Waals surface area contributed by atoms with Gasteiger partial charge >= 0.3 is 0 Å². The smallest absolute Gasteiger partial charge is 0.137 e. The van der Waals surface area contributed by atoms with E-state index < -0.39 is 34.6 Å². The van der Waals surface area contributed by atoms with Crippen LogP contribution in [-0.4, -0.2) is 14.2 Å². The zero-order valence-corrected chi connectivity index (χ0v) is 18.6. The number of rotatable bonds is 4. The fourth-order valence-corrected chi connectivity index (χ4v) is 4.48. The van der Waals surface area contributed by atoms with Gasteiger partial charge in [0.25, 0.3) is 0 Å². The summed E-state index contributed by atoms with van der Waals surface area (Å²) >= 11 is 0. The van der Waals surface area contributed by atoms with E-state index in [9.17, 15) is 4.39 Å². The quantitative estimate of drug-likeness (QED) is 0.191. The molecule has 2 nitrogen and oxygen atoms in total. The van der Waals surface area contributed by atoms with Gasteiger partial charge in [-0.3, -0.25) is 0 Å². The van der Waals surface area contributed by atoms with Crippen molar-refractivity contribution >= 4 is 21.5 Å². The highest BCUT2D eigenvalue weighted by molar-refractivity contribution is 6.21. The van der Waals surface area contributed by atoms with Crippen LogP contribution in [0.4, 0.5) is 22.0 Å². The molecule has 5 aromatic rings. The summed E-state index contributed by atoms with van der Waals surface area (Å²) in [5, 5.41) is -0.232. The van der Waals surface area contributed by atoms with E-state index >= 15 is 17.6 Å². The molecule has 0 radical (unpaired) electrons. The van der Waals surface area contributed by atoms with Gasteiger partial charge in [-0.1, -0.05) is 18.2 Å². The standard InChI is InChI=1S/C28H17F5O2/c1-34-16-6-3-14(4-7-16)24-18-8-5-15(29)11-19(18)25(28-21(31)10-9-20(30)27(24)28)26-22(32)12-17(35-2)13-23(26)33/h3-13H,1-2H3. The van der Waals surface area contributed by atoms with E-state index in [-0.39, 0.29) is 38.4 Å². The van der Waals surface area contributed by atoms with Crippen LogP contribution in [-0.2, 0) is 0 Å². The van der Waals surface area contributed by atoms with Crippen molar-refractivity contribution in [1.29, 1.82) is 0 Å². The molecule has 5 rings (SSSR count). The number of hydrogen-bond acceptors (Lipinski definition) is 2. The first-order valence-corrected chi connectivity index (χ1v) is 10.5. The van der Waals surface area contributed by atoms with Gasteiger partial charge in [0.05, 0.1) is 19.8 Å². The molecule has 0 amide bonds. The average Bonchev–Trinajstić information content (AvgIpc) is 2.85. The number of benzene rings is 5. The molecule has 0 aliphatic heterocycles. The van der Waals surface area contributed by atoms with Crippen LogP contribution in [0.1, 0.15) is 0 Å². The maximum atomic E-state index is 15.4. The summed E-state index contributed by atoms with van der Waals surface area (Å²) in [7, 11) is 2.73. The van der Waals surface area contributed by atoms with E-state index in [0.717, 1.165) is 36.4 Å². The molecular formula is C28H17F5O2. The first kappa shape index (κ1) is 22.7. The minimum absolute atomic E-state index is 0.0239. The predicted octanol–water partition coefficient (Wildman–Crippen LogP) is 8.04. The second-order valence-corrected chi connectivity index (χ2v) is 7.91. The van der Waals surface area contributed by atoms with Crippen LogP contribution >= 0.6 is 0 Å². The lowest BCUT2D eigenvalue weighted by atomic mass is 9.85. The fraction of sp³-hybridized carbons (Fsp3) is 0.0714. The van der Waals surface area contributed by atoms with E-state index in [2.05, 4.69) is 0 Å². The van der Waals surface area contributed by atoms with Gasteiger partial charge < -0.3 is 9.47 Å². The highest BCUT2D eigenvalue weighted by Crippen LogP contribution is 2.47. The van der Waals surface area contributed by atoms with Gasteiger partial charge in [-0.25, -0.2) is 22.0 Å². The van der Waals surface area contributed by atoms with Crippen LogP contribution in [0.2, 0.25) is 0 Å². The molecule has 176 valence electrons. The Bertz CT molecular complexity index is 1590. The zero-order valence-electron chi connectivity index (χ0n) is 18.6. The molecule has 0 spiro atoms. The topological polar surface area (TPSA) is 18.5 Å². The molecule has 0 bridgehead atoms. The molecule has 5 aromatic carbocycles. The van der Waals surface area contributed by atoms with Crippen molar-refractivity contribution in [3.05, 3.63) is 95.8 Å². The first-order valence-electron chi connectivity index (χ1n) is 10.5. The Morgan fingerprint density at radius 2 is 1.06 bits per heavy atom. The van der Waals surface area contributed by atoms with Crippen LogP contribution in [0.25, 0.3) is 43.8 Å². The molecule has 0 heterocycles. The minimum Gasteiger partial charge on any atom is -0.497 e. The van der Waals surface area contributed by atoms with Gasteiger partial charge in [-0.2, -0.15) is 0 Å². The summed E-state index contributed by atoms with van der Waals surface area (Å²) in [6.07, 6.45) is 0.